The first-order chi connectivity index (χ1) is 10.4. The highest BCUT2D eigenvalue weighted by Crippen LogP contribution is 2.28. The number of alkyl halides is 3. The molecule has 0 aromatic heterocycles. The zero-order valence-electron chi connectivity index (χ0n) is 13.0. The molecule has 1 fully saturated rings. The summed E-state index contributed by atoms with van der Waals surface area (Å²) in [5, 5.41) is 6.47. The zero-order valence-corrected chi connectivity index (χ0v) is 15.3. The molecule has 0 heterocycles. The fourth-order valence-electron chi connectivity index (χ4n) is 1.95. The molecule has 23 heavy (non-hydrogen) atoms. The number of ether oxygens (including phenoxy) is 1. The number of hydrogen-bond donors (Lipinski definition) is 2. The van der Waals surface area contributed by atoms with Gasteiger partial charge < -0.3 is 15.4 Å². The SMILES string of the molecule is CN=C(NCc1ccc(OCC(F)(F)F)cc1)NC1CC1C.I. The first-order valence-corrected chi connectivity index (χ1v) is 7.13. The largest absolute Gasteiger partial charge is 0.484 e. The van der Waals surface area contributed by atoms with Crippen LogP contribution in [0.15, 0.2) is 29.3 Å². The fourth-order valence-corrected chi connectivity index (χ4v) is 1.95. The van der Waals surface area contributed by atoms with Crippen LogP contribution in [0.1, 0.15) is 18.9 Å². The molecule has 0 aliphatic heterocycles. The first kappa shape index (κ1) is 19.9. The molecule has 0 radical (unpaired) electrons. The van der Waals surface area contributed by atoms with Gasteiger partial charge in [0, 0.05) is 19.6 Å². The number of halogens is 4. The number of hydrogen-bond acceptors (Lipinski definition) is 2. The van der Waals surface area contributed by atoms with Crippen molar-refractivity contribution < 1.29 is 17.9 Å². The topological polar surface area (TPSA) is 45.7 Å². The Morgan fingerprint density at radius 2 is 1.91 bits per heavy atom. The van der Waals surface area contributed by atoms with Gasteiger partial charge in [-0.3, -0.25) is 4.99 Å². The fraction of sp³-hybridized carbons (Fsp3) is 0.533. The van der Waals surface area contributed by atoms with E-state index in [1.54, 1.807) is 19.2 Å². The van der Waals surface area contributed by atoms with Gasteiger partial charge in [0.25, 0.3) is 0 Å². The summed E-state index contributed by atoms with van der Waals surface area (Å²) < 4.78 is 40.8. The van der Waals surface area contributed by atoms with Crippen LogP contribution in [-0.4, -0.2) is 31.8 Å². The second-order valence-electron chi connectivity index (χ2n) is 5.44. The standard InChI is InChI=1S/C15H20F3N3O.HI/c1-10-7-13(10)21-14(19-2)20-8-11-3-5-12(6-4-11)22-9-15(16,17)18;/h3-6,10,13H,7-9H2,1-2H3,(H2,19,20,21);1H. The van der Waals surface area contributed by atoms with Crippen LogP contribution in [0.25, 0.3) is 0 Å². The molecule has 0 saturated heterocycles. The molecule has 0 bridgehead atoms. The Morgan fingerprint density at radius 3 is 2.39 bits per heavy atom. The van der Waals surface area contributed by atoms with Gasteiger partial charge in [-0.05, 0) is 30.0 Å². The maximum Gasteiger partial charge on any atom is 0.422 e. The summed E-state index contributed by atoms with van der Waals surface area (Å²) in [4.78, 5) is 4.14. The Bertz CT molecular complexity index is 520. The second kappa shape index (κ2) is 8.60. The minimum absolute atomic E-state index is 0. The highest BCUT2D eigenvalue weighted by atomic mass is 127. The Balaban J connectivity index is 0.00000264. The van der Waals surface area contributed by atoms with Crippen molar-refractivity contribution in [3.8, 4) is 5.75 Å². The summed E-state index contributed by atoms with van der Waals surface area (Å²) >= 11 is 0. The van der Waals surface area contributed by atoms with Gasteiger partial charge in [0.1, 0.15) is 5.75 Å². The van der Waals surface area contributed by atoms with Crippen LogP contribution in [0.2, 0.25) is 0 Å². The molecule has 2 atom stereocenters. The molecule has 2 rings (SSSR count). The Labute approximate surface area is 150 Å². The van der Waals surface area contributed by atoms with Gasteiger partial charge in [-0.2, -0.15) is 13.2 Å². The molecule has 1 aliphatic carbocycles. The van der Waals surface area contributed by atoms with Crippen LogP contribution in [-0.2, 0) is 6.54 Å². The lowest BCUT2D eigenvalue weighted by atomic mass is 10.2. The van der Waals surface area contributed by atoms with E-state index in [-0.39, 0.29) is 29.7 Å². The number of rotatable bonds is 5. The van der Waals surface area contributed by atoms with Crippen LogP contribution in [0.4, 0.5) is 13.2 Å². The predicted octanol–water partition coefficient (Wildman–Crippen LogP) is 3.32. The smallest absolute Gasteiger partial charge is 0.422 e. The molecule has 1 aromatic rings. The summed E-state index contributed by atoms with van der Waals surface area (Å²) in [6.45, 7) is 1.44. The number of nitrogens with one attached hydrogen (secondary N) is 2. The van der Waals surface area contributed by atoms with Crippen molar-refractivity contribution in [3.63, 3.8) is 0 Å². The van der Waals surface area contributed by atoms with E-state index >= 15 is 0 Å². The van der Waals surface area contributed by atoms with E-state index in [0.717, 1.165) is 17.9 Å². The molecule has 4 nitrogen and oxygen atoms in total. The lowest BCUT2D eigenvalue weighted by molar-refractivity contribution is -0.153. The summed E-state index contributed by atoms with van der Waals surface area (Å²) in [7, 11) is 1.70. The highest BCUT2D eigenvalue weighted by Gasteiger charge is 2.33. The van der Waals surface area contributed by atoms with Crippen molar-refractivity contribution in [2.24, 2.45) is 10.9 Å². The monoisotopic (exact) mass is 443 g/mol. The van der Waals surface area contributed by atoms with Crippen molar-refractivity contribution >= 4 is 29.9 Å². The van der Waals surface area contributed by atoms with Crippen molar-refractivity contribution in [1.82, 2.24) is 10.6 Å². The summed E-state index contributed by atoms with van der Waals surface area (Å²) in [5.74, 6) is 1.60. The van der Waals surface area contributed by atoms with E-state index in [1.807, 2.05) is 0 Å². The number of aliphatic imine (C=N–C) groups is 1. The summed E-state index contributed by atoms with van der Waals surface area (Å²) in [6, 6.07) is 6.99. The zero-order chi connectivity index (χ0) is 16.2. The average molecular weight is 443 g/mol. The van der Waals surface area contributed by atoms with Gasteiger partial charge in [0.15, 0.2) is 12.6 Å². The molecule has 1 aromatic carbocycles. The van der Waals surface area contributed by atoms with E-state index in [2.05, 4.69) is 27.3 Å². The molecule has 2 unspecified atom stereocenters. The molecule has 1 saturated carbocycles. The van der Waals surface area contributed by atoms with Crippen molar-refractivity contribution in [2.75, 3.05) is 13.7 Å². The summed E-state index contributed by atoms with van der Waals surface area (Å²) in [5.41, 5.74) is 0.936. The van der Waals surface area contributed by atoms with E-state index in [1.165, 1.54) is 12.1 Å². The normalized spacial score (nSPS) is 20.5. The quantitative estimate of drug-likeness (QED) is 0.417. The molecule has 0 spiro atoms. The maximum absolute atomic E-state index is 12.1. The molecular weight excluding hydrogens is 422 g/mol. The van der Waals surface area contributed by atoms with E-state index in [4.69, 9.17) is 0 Å². The van der Waals surface area contributed by atoms with Crippen LogP contribution in [0, 0.1) is 5.92 Å². The maximum atomic E-state index is 12.1. The number of nitrogens with zero attached hydrogens (tertiary/aromatic N) is 1. The van der Waals surface area contributed by atoms with Crippen molar-refractivity contribution in [3.05, 3.63) is 29.8 Å². The van der Waals surface area contributed by atoms with Crippen LogP contribution in [0.5, 0.6) is 5.75 Å². The lowest BCUT2D eigenvalue weighted by Gasteiger charge is -2.12. The Hall–Kier alpha value is -1.19. The molecule has 0 amide bonds. The average Bonchev–Trinajstić information content (AvgIpc) is 3.16. The minimum atomic E-state index is -4.32. The first-order valence-electron chi connectivity index (χ1n) is 7.13. The minimum Gasteiger partial charge on any atom is -0.484 e. The lowest BCUT2D eigenvalue weighted by Crippen LogP contribution is -2.38. The van der Waals surface area contributed by atoms with Crippen molar-refractivity contribution in [2.45, 2.75) is 32.1 Å². The highest BCUT2D eigenvalue weighted by molar-refractivity contribution is 14.0. The molecule has 130 valence electrons. The van der Waals surface area contributed by atoms with Gasteiger partial charge in [-0.1, -0.05) is 19.1 Å². The van der Waals surface area contributed by atoms with Crippen LogP contribution < -0.4 is 15.4 Å². The van der Waals surface area contributed by atoms with E-state index < -0.39 is 12.8 Å². The van der Waals surface area contributed by atoms with E-state index in [0.29, 0.717) is 18.5 Å². The molecule has 1 aliphatic rings. The Morgan fingerprint density at radius 1 is 1.30 bits per heavy atom. The van der Waals surface area contributed by atoms with Gasteiger partial charge >= 0.3 is 6.18 Å². The third-order valence-electron chi connectivity index (χ3n) is 3.44. The Kier molecular flexibility index (Phi) is 7.43. The van der Waals surface area contributed by atoms with Crippen LogP contribution in [0.3, 0.4) is 0 Å². The van der Waals surface area contributed by atoms with Crippen LogP contribution >= 0.6 is 24.0 Å². The van der Waals surface area contributed by atoms with Gasteiger partial charge in [-0.15, -0.1) is 24.0 Å². The molecule has 2 N–H and O–H groups in total. The third kappa shape index (κ3) is 7.28. The third-order valence-corrected chi connectivity index (χ3v) is 3.44. The van der Waals surface area contributed by atoms with Crippen molar-refractivity contribution in [1.29, 1.82) is 0 Å². The van der Waals surface area contributed by atoms with E-state index in [9.17, 15) is 13.2 Å². The van der Waals surface area contributed by atoms with Gasteiger partial charge in [0.2, 0.25) is 0 Å². The number of benzene rings is 1. The second-order valence-corrected chi connectivity index (χ2v) is 5.44. The van der Waals surface area contributed by atoms with Gasteiger partial charge in [-0.25, -0.2) is 0 Å². The molecule has 8 heteroatoms. The predicted molar refractivity (Wildman–Crippen MR) is 94.3 cm³/mol. The summed E-state index contributed by atoms with van der Waals surface area (Å²) in [6.07, 6.45) is -3.18. The van der Waals surface area contributed by atoms with Gasteiger partial charge in [0.05, 0.1) is 0 Å². The number of guanidine groups is 1. The molecular formula is C15H21F3IN3O.